The monoisotopic (exact) mass is 495 g/mol. The number of halogens is 3. The number of amides is 2. The Morgan fingerprint density at radius 2 is 1.61 bits per heavy atom. The molecule has 3 rings (SSSR count). The van der Waals surface area contributed by atoms with Gasteiger partial charge in [0, 0.05) is 11.4 Å². The van der Waals surface area contributed by atoms with Crippen LogP contribution in [0.5, 0.6) is 11.5 Å². The van der Waals surface area contributed by atoms with E-state index in [-0.39, 0.29) is 23.8 Å². The van der Waals surface area contributed by atoms with Crippen LogP contribution in [0.25, 0.3) is 6.08 Å². The molecule has 36 heavy (non-hydrogen) atoms. The van der Waals surface area contributed by atoms with E-state index in [1.165, 1.54) is 12.1 Å². The Kier molecular flexibility index (Phi) is 8.30. The van der Waals surface area contributed by atoms with Gasteiger partial charge in [0.25, 0.3) is 11.8 Å². The van der Waals surface area contributed by atoms with Crippen LogP contribution >= 0.6 is 0 Å². The summed E-state index contributed by atoms with van der Waals surface area (Å²) in [6, 6.07) is 18.8. The summed E-state index contributed by atoms with van der Waals surface area (Å²) < 4.78 is 49.1. The van der Waals surface area contributed by atoms with Gasteiger partial charge in [-0.3, -0.25) is 9.59 Å². The molecular formula is C26H20F3N3O4. The van der Waals surface area contributed by atoms with Crippen molar-refractivity contribution in [3.8, 4) is 17.6 Å². The Hall–Kier alpha value is -4.78. The van der Waals surface area contributed by atoms with E-state index in [2.05, 4.69) is 10.6 Å². The van der Waals surface area contributed by atoms with E-state index in [1.807, 2.05) is 0 Å². The molecule has 0 aliphatic carbocycles. The van der Waals surface area contributed by atoms with Crippen molar-refractivity contribution in [3.63, 3.8) is 0 Å². The molecule has 0 spiro atoms. The molecule has 0 heterocycles. The largest absolute Gasteiger partial charge is 0.497 e. The van der Waals surface area contributed by atoms with Crippen molar-refractivity contribution in [2.75, 3.05) is 24.4 Å². The summed E-state index contributed by atoms with van der Waals surface area (Å²) in [5, 5.41) is 14.3. The minimum atomic E-state index is -4.56. The highest BCUT2D eigenvalue weighted by molar-refractivity contribution is 6.09. The fourth-order valence-electron chi connectivity index (χ4n) is 2.97. The van der Waals surface area contributed by atoms with E-state index in [0.29, 0.717) is 22.7 Å². The Labute approximate surface area is 204 Å². The van der Waals surface area contributed by atoms with Gasteiger partial charge in [0.15, 0.2) is 6.61 Å². The highest BCUT2D eigenvalue weighted by Gasteiger charge is 2.30. The molecule has 2 N–H and O–H groups in total. The van der Waals surface area contributed by atoms with Crippen LogP contribution in [-0.2, 0) is 15.8 Å². The van der Waals surface area contributed by atoms with Gasteiger partial charge in [-0.1, -0.05) is 18.2 Å². The van der Waals surface area contributed by atoms with Gasteiger partial charge in [-0.15, -0.1) is 0 Å². The predicted octanol–water partition coefficient (Wildman–Crippen LogP) is 5.28. The molecule has 10 heteroatoms. The average Bonchev–Trinajstić information content (AvgIpc) is 2.86. The van der Waals surface area contributed by atoms with Gasteiger partial charge >= 0.3 is 6.18 Å². The van der Waals surface area contributed by atoms with Gasteiger partial charge < -0.3 is 20.1 Å². The number of ether oxygens (including phenoxy) is 2. The Morgan fingerprint density at radius 1 is 0.944 bits per heavy atom. The number of carbonyl (C=O) groups excluding carboxylic acids is 2. The lowest BCUT2D eigenvalue weighted by Crippen LogP contribution is -2.20. The van der Waals surface area contributed by atoms with Crippen molar-refractivity contribution < 1.29 is 32.2 Å². The predicted molar refractivity (Wildman–Crippen MR) is 127 cm³/mol. The molecular weight excluding hydrogens is 475 g/mol. The van der Waals surface area contributed by atoms with E-state index >= 15 is 0 Å². The third kappa shape index (κ3) is 7.36. The van der Waals surface area contributed by atoms with Crippen LogP contribution in [0.3, 0.4) is 0 Å². The average molecular weight is 495 g/mol. The highest BCUT2D eigenvalue weighted by atomic mass is 19.4. The van der Waals surface area contributed by atoms with E-state index < -0.39 is 17.6 Å². The lowest BCUT2D eigenvalue weighted by atomic mass is 10.1. The summed E-state index contributed by atoms with van der Waals surface area (Å²) in [7, 11) is 1.54. The summed E-state index contributed by atoms with van der Waals surface area (Å²) >= 11 is 0. The van der Waals surface area contributed by atoms with Crippen molar-refractivity contribution in [2.24, 2.45) is 0 Å². The number of hydrogen-bond donors (Lipinski definition) is 2. The normalized spacial score (nSPS) is 11.2. The topological polar surface area (TPSA) is 100 Å². The lowest BCUT2D eigenvalue weighted by molar-refractivity contribution is -0.137. The van der Waals surface area contributed by atoms with Gasteiger partial charge in [-0.25, -0.2) is 0 Å². The first-order valence-electron chi connectivity index (χ1n) is 10.4. The van der Waals surface area contributed by atoms with Crippen LogP contribution in [0.1, 0.15) is 11.1 Å². The molecule has 2 amide bonds. The van der Waals surface area contributed by atoms with Crippen LogP contribution in [0.4, 0.5) is 24.5 Å². The minimum Gasteiger partial charge on any atom is -0.497 e. The number of anilines is 2. The Balaban J connectivity index is 1.58. The third-order valence-electron chi connectivity index (χ3n) is 4.75. The SMILES string of the molecule is COc1ccc(NC(=O)COc2ccc(/C=C(\C#N)C(=O)Nc3cccc(C(F)(F)F)c3)cc2)cc1. The highest BCUT2D eigenvalue weighted by Crippen LogP contribution is 2.30. The second-order valence-corrected chi connectivity index (χ2v) is 7.34. The zero-order valence-corrected chi connectivity index (χ0v) is 18.9. The first kappa shape index (κ1) is 25.8. The molecule has 0 aliphatic heterocycles. The van der Waals surface area contributed by atoms with Crippen LogP contribution in [0.2, 0.25) is 0 Å². The molecule has 7 nitrogen and oxygen atoms in total. The van der Waals surface area contributed by atoms with Crippen LogP contribution in [0.15, 0.2) is 78.4 Å². The van der Waals surface area contributed by atoms with Crippen molar-refractivity contribution in [2.45, 2.75) is 6.18 Å². The van der Waals surface area contributed by atoms with Gasteiger partial charge in [0.1, 0.15) is 23.1 Å². The van der Waals surface area contributed by atoms with Gasteiger partial charge in [-0.2, -0.15) is 18.4 Å². The fraction of sp³-hybridized carbons (Fsp3) is 0.115. The molecule has 3 aromatic rings. The molecule has 0 atom stereocenters. The summed E-state index contributed by atoms with van der Waals surface area (Å²) in [5.41, 5.74) is -0.262. The maximum absolute atomic E-state index is 12.9. The second-order valence-electron chi connectivity index (χ2n) is 7.34. The molecule has 0 saturated heterocycles. The molecule has 3 aromatic carbocycles. The number of methoxy groups -OCH3 is 1. The molecule has 0 unspecified atom stereocenters. The Bertz CT molecular complexity index is 1300. The summed E-state index contributed by atoms with van der Waals surface area (Å²) in [6.45, 7) is -0.246. The zero-order valence-electron chi connectivity index (χ0n) is 18.9. The molecule has 184 valence electrons. The summed E-state index contributed by atoms with van der Waals surface area (Å²) in [4.78, 5) is 24.5. The van der Waals surface area contributed by atoms with Crippen LogP contribution in [-0.4, -0.2) is 25.5 Å². The van der Waals surface area contributed by atoms with E-state index in [4.69, 9.17) is 9.47 Å². The van der Waals surface area contributed by atoms with Crippen molar-refractivity contribution in [1.29, 1.82) is 5.26 Å². The number of nitrogens with zero attached hydrogens (tertiary/aromatic N) is 1. The Morgan fingerprint density at radius 3 is 2.22 bits per heavy atom. The number of carbonyl (C=O) groups is 2. The number of alkyl halides is 3. The van der Waals surface area contributed by atoms with Gasteiger partial charge in [-0.05, 0) is 66.2 Å². The number of rotatable bonds is 8. The number of benzene rings is 3. The number of nitriles is 1. The van der Waals surface area contributed by atoms with Crippen molar-refractivity contribution in [3.05, 3.63) is 89.5 Å². The van der Waals surface area contributed by atoms with E-state index in [1.54, 1.807) is 61.7 Å². The standard InChI is InChI=1S/C26H20F3N3O4/c1-35-22-11-7-20(8-12-22)31-24(33)16-36-23-9-5-17(6-10-23)13-18(15-30)25(34)32-21-4-2-3-19(14-21)26(27,28)29/h2-14H,16H2,1H3,(H,31,33)(H,32,34)/b18-13+. The fourth-order valence-corrected chi connectivity index (χ4v) is 2.97. The van der Waals surface area contributed by atoms with Gasteiger partial charge in [0.05, 0.1) is 12.7 Å². The van der Waals surface area contributed by atoms with E-state index in [9.17, 15) is 28.0 Å². The summed E-state index contributed by atoms with van der Waals surface area (Å²) in [6.07, 6.45) is -3.28. The first-order chi connectivity index (χ1) is 17.2. The van der Waals surface area contributed by atoms with E-state index in [0.717, 1.165) is 18.2 Å². The second kappa shape index (κ2) is 11.6. The molecule has 0 radical (unpaired) electrons. The zero-order chi connectivity index (χ0) is 26.1. The maximum atomic E-state index is 12.9. The quantitative estimate of drug-likeness (QED) is 0.327. The number of nitrogens with one attached hydrogen (secondary N) is 2. The van der Waals surface area contributed by atoms with Gasteiger partial charge in [0.2, 0.25) is 0 Å². The number of hydrogen-bond acceptors (Lipinski definition) is 5. The lowest BCUT2D eigenvalue weighted by Gasteiger charge is -2.10. The minimum absolute atomic E-state index is 0.0901. The van der Waals surface area contributed by atoms with Crippen LogP contribution < -0.4 is 20.1 Å². The summed E-state index contributed by atoms with van der Waals surface area (Å²) in [5.74, 6) is -0.190. The molecule has 0 saturated carbocycles. The van der Waals surface area contributed by atoms with Crippen molar-refractivity contribution >= 4 is 29.3 Å². The molecule has 0 aromatic heterocycles. The van der Waals surface area contributed by atoms with Crippen molar-refractivity contribution in [1.82, 2.24) is 0 Å². The smallest absolute Gasteiger partial charge is 0.416 e. The van der Waals surface area contributed by atoms with Crippen LogP contribution in [0, 0.1) is 11.3 Å². The molecule has 0 fully saturated rings. The third-order valence-corrected chi connectivity index (χ3v) is 4.75. The molecule has 0 aliphatic rings. The molecule has 0 bridgehead atoms. The first-order valence-corrected chi connectivity index (χ1v) is 10.4. The maximum Gasteiger partial charge on any atom is 0.416 e.